The van der Waals surface area contributed by atoms with Crippen molar-refractivity contribution in [1.82, 2.24) is 0 Å². The molecule has 0 aliphatic carbocycles. The van der Waals surface area contributed by atoms with Crippen LogP contribution in [-0.4, -0.2) is 36.2 Å². The molecule has 0 aromatic rings. The zero-order valence-electron chi connectivity index (χ0n) is 18.1. The molecule has 1 aliphatic heterocycles. The Balaban J connectivity index is 0.00000625. The van der Waals surface area contributed by atoms with Gasteiger partial charge in [-0.05, 0) is 12.8 Å². The Morgan fingerprint density at radius 2 is 1.08 bits per heavy atom. The molecule has 0 amide bonds. The van der Waals surface area contributed by atoms with Gasteiger partial charge in [0, 0.05) is 12.2 Å². The molecule has 0 saturated carbocycles. The van der Waals surface area contributed by atoms with Gasteiger partial charge in [-0.3, -0.25) is 0 Å². The summed E-state index contributed by atoms with van der Waals surface area (Å²) < 4.78 is 1.34. The standard InChI is InChI=1S/C23H48NS.ClH/c1-3-4-5-6-7-8-9-10-11-12-13-14-15-16-17-18-20-24(2)21-19-22-25-23-24;/h3-23H2,1-2H3;1H/q+1;. The van der Waals surface area contributed by atoms with Gasteiger partial charge in [-0.2, -0.15) is 0 Å². The minimum atomic E-state index is 0. The van der Waals surface area contributed by atoms with E-state index in [4.69, 9.17) is 0 Å². The molecule has 1 saturated heterocycles. The summed E-state index contributed by atoms with van der Waals surface area (Å²) in [5.41, 5.74) is 0. The predicted octanol–water partition coefficient (Wildman–Crippen LogP) is 8.21. The van der Waals surface area contributed by atoms with Gasteiger partial charge < -0.3 is 4.48 Å². The van der Waals surface area contributed by atoms with Crippen molar-refractivity contribution >= 4 is 24.2 Å². The van der Waals surface area contributed by atoms with E-state index in [1.807, 2.05) is 0 Å². The van der Waals surface area contributed by atoms with Crippen LogP contribution in [0.2, 0.25) is 0 Å². The second-order valence-corrected chi connectivity index (χ2v) is 9.84. The fourth-order valence-electron chi connectivity index (χ4n) is 4.12. The van der Waals surface area contributed by atoms with E-state index < -0.39 is 0 Å². The topological polar surface area (TPSA) is 0 Å². The number of rotatable bonds is 17. The molecule has 1 unspecified atom stereocenters. The molecule has 3 heteroatoms. The third kappa shape index (κ3) is 15.6. The lowest BCUT2D eigenvalue weighted by atomic mass is 10.0. The fourth-order valence-corrected chi connectivity index (χ4v) is 5.28. The summed E-state index contributed by atoms with van der Waals surface area (Å²) >= 11 is 2.16. The van der Waals surface area contributed by atoms with E-state index in [0.717, 1.165) is 0 Å². The molecule has 1 rings (SSSR count). The van der Waals surface area contributed by atoms with Gasteiger partial charge in [0.25, 0.3) is 0 Å². The van der Waals surface area contributed by atoms with Crippen molar-refractivity contribution in [3.63, 3.8) is 0 Å². The second kappa shape index (κ2) is 18.9. The van der Waals surface area contributed by atoms with Crippen molar-refractivity contribution in [1.29, 1.82) is 0 Å². The van der Waals surface area contributed by atoms with Crippen molar-refractivity contribution in [2.24, 2.45) is 0 Å². The zero-order chi connectivity index (χ0) is 18.1. The normalized spacial score (nSPS) is 20.1. The van der Waals surface area contributed by atoms with Gasteiger partial charge in [0.2, 0.25) is 0 Å². The minimum absolute atomic E-state index is 0. The molecule has 0 aromatic heterocycles. The fraction of sp³-hybridized carbons (Fsp3) is 1.00. The summed E-state index contributed by atoms with van der Waals surface area (Å²) in [7, 11) is 2.47. The lowest BCUT2D eigenvalue weighted by Crippen LogP contribution is -2.47. The molecule has 0 spiro atoms. The molecule has 26 heavy (non-hydrogen) atoms. The first-order valence-electron chi connectivity index (χ1n) is 11.7. The highest BCUT2D eigenvalue weighted by Crippen LogP contribution is 2.21. The molecule has 1 heterocycles. The number of thioether (sulfide) groups is 1. The monoisotopic (exact) mass is 406 g/mol. The lowest BCUT2D eigenvalue weighted by Gasteiger charge is -2.37. The van der Waals surface area contributed by atoms with Crippen LogP contribution in [0.3, 0.4) is 0 Å². The van der Waals surface area contributed by atoms with Gasteiger partial charge in [0.05, 0.1) is 20.1 Å². The number of nitrogens with zero attached hydrogens (tertiary/aromatic N) is 1. The van der Waals surface area contributed by atoms with Gasteiger partial charge in [0.1, 0.15) is 5.88 Å². The molecule has 0 N–H and O–H groups in total. The Kier molecular flexibility index (Phi) is 19.4. The van der Waals surface area contributed by atoms with E-state index in [9.17, 15) is 0 Å². The molecule has 1 aliphatic rings. The summed E-state index contributed by atoms with van der Waals surface area (Å²) in [4.78, 5) is 0. The number of hydrogen-bond acceptors (Lipinski definition) is 1. The van der Waals surface area contributed by atoms with Crippen molar-refractivity contribution in [2.75, 3.05) is 31.8 Å². The third-order valence-corrected chi connectivity index (χ3v) is 7.32. The van der Waals surface area contributed by atoms with Gasteiger partial charge >= 0.3 is 0 Å². The van der Waals surface area contributed by atoms with Crippen molar-refractivity contribution < 1.29 is 4.48 Å². The summed E-state index contributed by atoms with van der Waals surface area (Å²) in [5, 5.41) is 0. The molecule has 0 radical (unpaired) electrons. The van der Waals surface area contributed by atoms with Crippen LogP contribution >= 0.6 is 24.2 Å². The van der Waals surface area contributed by atoms with Crippen LogP contribution in [0.1, 0.15) is 116 Å². The largest absolute Gasteiger partial charge is 0.318 e. The van der Waals surface area contributed by atoms with E-state index in [1.165, 1.54) is 138 Å². The zero-order valence-corrected chi connectivity index (χ0v) is 19.7. The molecular weight excluding hydrogens is 358 g/mol. The quantitative estimate of drug-likeness (QED) is 0.173. The van der Waals surface area contributed by atoms with Crippen LogP contribution in [0.4, 0.5) is 0 Å². The number of unbranched alkanes of at least 4 members (excludes halogenated alkanes) is 15. The van der Waals surface area contributed by atoms with Gasteiger partial charge in [-0.1, -0.05) is 96.8 Å². The molecule has 0 bridgehead atoms. The highest BCUT2D eigenvalue weighted by Gasteiger charge is 2.23. The van der Waals surface area contributed by atoms with E-state index >= 15 is 0 Å². The lowest BCUT2D eigenvalue weighted by molar-refractivity contribution is -0.898. The van der Waals surface area contributed by atoms with Crippen molar-refractivity contribution in [3.8, 4) is 0 Å². The Bertz CT molecular complexity index is 279. The van der Waals surface area contributed by atoms with Crippen LogP contribution in [0.25, 0.3) is 0 Å². The molecule has 1 atom stereocenters. The first kappa shape index (κ1) is 26.6. The Morgan fingerprint density at radius 3 is 1.46 bits per heavy atom. The molecule has 1 fully saturated rings. The second-order valence-electron chi connectivity index (χ2n) is 8.76. The maximum Gasteiger partial charge on any atom is 0.125 e. The first-order valence-corrected chi connectivity index (χ1v) is 12.8. The van der Waals surface area contributed by atoms with E-state index in [2.05, 4.69) is 25.7 Å². The maximum absolute atomic E-state index is 2.47. The summed E-state index contributed by atoms with van der Waals surface area (Å²) in [6, 6.07) is 0. The highest BCUT2D eigenvalue weighted by atomic mass is 35.5. The molecule has 0 aromatic carbocycles. The van der Waals surface area contributed by atoms with Crippen LogP contribution in [0.5, 0.6) is 0 Å². The first-order chi connectivity index (χ1) is 12.3. The summed E-state index contributed by atoms with van der Waals surface area (Å²) in [6.07, 6.45) is 25.0. The van der Waals surface area contributed by atoms with E-state index in [1.54, 1.807) is 0 Å². The van der Waals surface area contributed by atoms with E-state index in [-0.39, 0.29) is 12.4 Å². The van der Waals surface area contributed by atoms with E-state index in [0.29, 0.717) is 0 Å². The Morgan fingerprint density at radius 1 is 0.654 bits per heavy atom. The van der Waals surface area contributed by atoms with Crippen LogP contribution in [-0.2, 0) is 0 Å². The summed E-state index contributed by atoms with van der Waals surface area (Å²) in [6.45, 7) is 5.15. The van der Waals surface area contributed by atoms with Crippen LogP contribution < -0.4 is 0 Å². The van der Waals surface area contributed by atoms with Gasteiger partial charge in [0.15, 0.2) is 0 Å². The van der Waals surface area contributed by atoms with Crippen molar-refractivity contribution in [3.05, 3.63) is 0 Å². The highest BCUT2D eigenvalue weighted by molar-refractivity contribution is 7.99. The average Bonchev–Trinajstić information content (AvgIpc) is 2.62. The van der Waals surface area contributed by atoms with Crippen LogP contribution in [0, 0.1) is 0 Å². The van der Waals surface area contributed by atoms with Crippen molar-refractivity contribution in [2.45, 2.75) is 116 Å². The van der Waals surface area contributed by atoms with Crippen LogP contribution in [0.15, 0.2) is 0 Å². The Labute approximate surface area is 176 Å². The predicted molar refractivity (Wildman–Crippen MR) is 125 cm³/mol. The summed E-state index contributed by atoms with van der Waals surface area (Å²) in [5.74, 6) is 2.76. The number of quaternary nitrogens is 1. The smallest absolute Gasteiger partial charge is 0.125 e. The number of hydrogen-bond donors (Lipinski definition) is 0. The molecular formula is C23H49ClNS+. The number of halogens is 1. The SMILES string of the molecule is CCCCCCCCCCCCCCCCCC[N+]1(C)CCCSC1.Cl. The third-order valence-electron chi connectivity index (χ3n) is 5.94. The van der Waals surface area contributed by atoms with Gasteiger partial charge in [-0.15, -0.1) is 24.2 Å². The maximum atomic E-state index is 2.47. The average molecular weight is 407 g/mol. The Hall–Kier alpha value is 0.600. The molecule has 158 valence electrons. The van der Waals surface area contributed by atoms with Gasteiger partial charge in [-0.25, -0.2) is 0 Å². The minimum Gasteiger partial charge on any atom is -0.318 e. The molecule has 1 nitrogen and oxygen atoms in total.